The molecular formula is C17H27N5O3S. The van der Waals surface area contributed by atoms with Crippen molar-refractivity contribution in [3.8, 4) is 12.1 Å². The molecule has 0 aliphatic carbocycles. The molecule has 0 unspecified atom stereocenters. The van der Waals surface area contributed by atoms with E-state index in [0.29, 0.717) is 25.0 Å². The van der Waals surface area contributed by atoms with Crippen molar-refractivity contribution in [2.75, 3.05) is 52.1 Å². The fourth-order valence-corrected chi connectivity index (χ4v) is 4.00. The van der Waals surface area contributed by atoms with Crippen LogP contribution in [0.1, 0.15) is 26.2 Å². The molecule has 0 bridgehead atoms. The van der Waals surface area contributed by atoms with Crippen LogP contribution in [0, 0.1) is 22.7 Å². The van der Waals surface area contributed by atoms with Gasteiger partial charge in [0.2, 0.25) is 0 Å². The molecule has 9 heteroatoms. The van der Waals surface area contributed by atoms with Gasteiger partial charge < -0.3 is 14.7 Å². The second kappa shape index (κ2) is 9.22. The molecule has 0 aromatic rings. The largest absolute Gasteiger partial charge is 0.355 e. The van der Waals surface area contributed by atoms with Crippen molar-refractivity contribution in [2.45, 2.75) is 32.2 Å². The Hall–Kier alpha value is -1.81. The van der Waals surface area contributed by atoms with Gasteiger partial charge >= 0.3 is 0 Å². The Balaban J connectivity index is 1.96. The fourth-order valence-electron chi connectivity index (χ4n) is 3.62. The number of nitrogens with zero attached hydrogens (tertiary/aromatic N) is 5. The second-order valence-electron chi connectivity index (χ2n) is 6.80. The Morgan fingerprint density at radius 2 is 1.81 bits per heavy atom. The lowest BCUT2D eigenvalue weighted by Crippen LogP contribution is -2.32. The van der Waals surface area contributed by atoms with Crippen LogP contribution in [-0.2, 0) is 14.3 Å². The Morgan fingerprint density at radius 3 is 2.35 bits per heavy atom. The first-order valence-corrected chi connectivity index (χ1v) is 10.8. The van der Waals surface area contributed by atoms with E-state index in [9.17, 15) is 18.9 Å². The number of allylic oxidation sites excluding steroid dienone is 1. The highest BCUT2D eigenvalue weighted by Gasteiger charge is 2.28. The topological polar surface area (TPSA) is 101 Å². The normalized spacial score (nSPS) is 21.1. The molecule has 0 N–H and O–H groups in total. The van der Waals surface area contributed by atoms with E-state index >= 15 is 0 Å². The summed E-state index contributed by atoms with van der Waals surface area (Å²) in [5.41, 5.74) is 0.0661. The Labute approximate surface area is 156 Å². The molecule has 0 aromatic carbocycles. The van der Waals surface area contributed by atoms with Gasteiger partial charge in [0, 0.05) is 38.8 Å². The summed E-state index contributed by atoms with van der Waals surface area (Å²) in [4.78, 5) is 6.40. The zero-order valence-electron chi connectivity index (χ0n) is 15.5. The lowest BCUT2D eigenvalue weighted by atomic mass is 10.2. The average Bonchev–Trinajstić information content (AvgIpc) is 3.15. The minimum absolute atomic E-state index is 0.00556. The van der Waals surface area contributed by atoms with Gasteiger partial charge in [-0.2, -0.15) is 18.9 Å². The molecule has 0 spiro atoms. The molecule has 2 heterocycles. The maximum Gasteiger partial charge on any atom is 0.264 e. The highest BCUT2D eigenvalue weighted by Crippen LogP contribution is 2.23. The molecule has 2 aliphatic heterocycles. The van der Waals surface area contributed by atoms with Crippen LogP contribution in [0.4, 0.5) is 0 Å². The predicted octanol–water partition coefficient (Wildman–Crippen LogP) is 0.713. The fraction of sp³-hybridized carbons (Fsp3) is 0.765. The highest BCUT2D eigenvalue weighted by molar-refractivity contribution is 7.85. The molecule has 2 saturated heterocycles. The SMILES string of the molecule is C[C@H]1CCCN1CCCN1CCN(CCOS(C)(=O)=O)C1=C(C#N)C#N. The van der Waals surface area contributed by atoms with Gasteiger partial charge in [0.05, 0.1) is 12.9 Å². The van der Waals surface area contributed by atoms with Crippen molar-refractivity contribution >= 4 is 10.1 Å². The smallest absolute Gasteiger partial charge is 0.264 e. The molecule has 8 nitrogen and oxygen atoms in total. The van der Waals surface area contributed by atoms with E-state index in [1.165, 1.54) is 12.8 Å². The summed E-state index contributed by atoms with van der Waals surface area (Å²) in [6.45, 7) is 6.87. The third kappa shape index (κ3) is 5.60. The van der Waals surface area contributed by atoms with Gasteiger partial charge in [0.15, 0.2) is 5.57 Å². The Bertz CT molecular complexity index is 691. The first-order valence-electron chi connectivity index (χ1n) is 8.98. The van der Waals surface area contributed by atoms with Crippen molar-refractivity contribution in [2.24, 2.45) is 0 Å². The molecule has 0 aromatic heterocycles. The highest BCUT2D eigenvalue weighted by atomic mass is 32.2. The molecule has 2 fully saturated rings. The van der Waals surface area contributed by atoms with E-state index in [4.69, 9.17) is 4.18 Å². The number of hydrogen-bond acceptors (Lipinski definition) is 8. The first-order chi connectivity index (χ1) is 12.4. The maximum absolute atomic E-state index is 11.1. The third-order valence-electron chi connectivity index (χ3n) is 4.91. The van der Waals surface area contributed by atoms with E-state index in [1.807, 2.05) is 17.0 Å². The van der Waals surface area contributed by atoms with Gasteiger partial charge in [-0.25, -0.2) is 0 Å². The van der Waals surface area contributed by atoms with E-state index in [0.717, 1.165) is 38.9 Å². The molecule has 26 heavy (non-hydrogen) atoms. The summed E-state index contributed by atoms with van der Waals surface area (Å²) in [6.07, 6.45) is 4.47. The van der Waals surface area contributed by atoms with Gasteiger partial charge in [-0.1, -0.05) is 0 Å². The van der Waals surface area contributed by atoms with Crippen LogP contribution >= 0.6 is 0 Å². The van der Waals surface area contributed by atoms with Crippen molar-refractivity contribution in [1.29, 1.82) is 10.5 Å². The summed E-state index contributed by atoms with van der Waals surface area (Å²) in [6, 6.07) is 4.56. The van der Waals surface area contributed by atoms with Crippen LogP contribution < -0.4 is 0 Å². The van der Waals surface area contributed by atoms with E-state index < -0.39 is 10.1 Å². The molecular weight excluding hydrogens is 354 g/mol. The maximum atomic E-state index is 11.1. The number of hydrogen-bond donors (Lipinski definition) is 0. The lowest BCUT2D eigenvalue weighted by Gasteiger charge is -2.26. The molecule has 2 rings (SSSR count). The summed E-state index contributed by atoms with van der Waals surface area (Å²) in [5.74, 6) is 0.599. The summed E-state index contributed by atoms with van der Waals surface area (Å²) >= 11 is 0. The van der Waals surface area contributed by atoms with Crippen molar-refractivity contribution < 1.29 is 12.6 Å². The number of nitriles is 2. The van der Waals surface area contributed by atoms with Crippen LogP contribution in [0.25, 0.3) is 0 Å². The first kappa shape index (κ1) is 20.5. The number of rotatable bonds is 8. The predicted molar refractivity (Wildman–Crippen MR) is 97.1 cm³/mol. The quantitative estimate of drug-likeness (QED) is 0.448. The third-order valence-corrected chi connectivity index (χ3v) is 5.50. The van der Waals surface area contributed by atoms with E-state index in [-0.39, 0.29) is 12.2 Å². The van der Waals surface area contributed by atoms with E-state index in [2.05, 4.69) is 16.7 Å². The van der Waals surface area contributed by atoms with Gasteiger partial charge in [-0.3, -0.25) is 4.18 Å². The minimum atomic E-state index is -3.50. The van der Waals surface area contributed by atoms with Gasteiger partial charge in [-0.15, -0.1) is 0 Å². The lowest BCUT2D eigenvalue weighted by molar-refractivity contribution is 0.237. The number of likely N-dealkylation sites (tertiary alicyclic amines) is 1. The monoisotopic (exact) mass is 381 g/mol. The van der Waals surface area contributed by atoms with Crippen LogP contribution in [-0.4, -0.2) is 81.3 Å². The van der Waals surface area contributed by atoms with Crippen LogP contribution in [0.15, 0.2) is 11.4 Å². The second-order valence-corrected chi connectivity index (χ2v) is 8.45. The zero-order valence-corrected chi connectivity index (χ0v) is 16.3. The van der Waals surface area contributed by atoms with Gasteiger partial charge in [0.1, 0.15) is 18.0 Å². The van der Waals surface area contributed by atoms with Crippen LogP contribution in [0.2, 0.25) is 0 Å². The summed E-state index contributed by atoms with van der Waals surface area (Å²) in [7, 11) is -3.50. The molecule has 0 amide bonds. The molecule has 1 atom stereocenters. The zero-order chi connectivity index (χ0) is 19.2. The Kier molecular flexibility index (Phi) is 7.27. The standard InChI is InChI=1S/C17H27N5O3S/c1-15-5-3-6-20(15)7-4-8-21-9-10-22(11-12-25-26(2,23)24)17(21)16(13-18)14-19/h15H,3-12H2,1-2H3/t15-/m0/s1. The minimum Gasteiger partial charge on any atom is -0.355 e. The van der Waals surface area contributed by atoms with Crippen molar-refractivity contribution in [3.05, 3.63) is 11.4 Å². The van der Waals surface area contributed by atoms with Gasteiger partial charge in [-0.05, 0) is 32.7 Å². The summed E-state index contributed by atoms with van der Waals surface area (Å²) < 4.78 is 27.0. The molecule has 0 radical (unpaired) electrons. The van der Waals surface area contributed by atoms with Crippen molar-refractivity contribution in [1.82, 2.24) is 14.7 Å². The van der Waals surface area contributed by atoms with Crippen LogP contribution in [0.3, 0.4) is 0 Å². The molecule has 144 valence electrons. The Morgan fingerprint density at radius 1 is 1.15 bits per heavy atom. The van der Waals surface area contributed by atoms with Crippen molar-refractivity contribution in [3.63, 3.8) is 0 Å². The summed E-state index contributed by atoms with van der Waals surface area (Å²) in [5, 5.41) is 18.6. The average molecular weight is 382 g/mol. The molecule has 2 aliphatic rings. The van der Waals surface area contributed by atoms with E-state index in [1.54, 1.807) is 0 Å². The molecule has 0 saturated carbocycles. The van der Waals surface area contributed by atoms with Gasteiger partial charge in [0.25, 0.3) is 10.1 Å². The van der Waals surface area contributed by atoms with Crippen LogP contribution in [0.5, 0.6) is 0 Å².